The van der Waals surface area contributed by atoms with E-state index < -0.39 is 23.8 Å². The summed E-state index contributed by atoms with van der Waals surface area (Å²) in [6, 6.07) is 12.6. The third kappa shape index (κ3) is 8.78. The first-order valence-corrected chi connectivity index (χ1v) is 11.5. The molecule has 12 heteroatoms. The third-order valence-electron chi connectivity index (χ3n) is 4.50. The minimum absolute atomic E-state index is 0.0180. The van der Waals surface area contributed by atoms with Gasteiger partial charge in [-0.25, -0.2) is 14.4 Å². The monoisotopic (exact) mass is 547 g/mol. The summed E-state index contributed by atoms with van der Waals surface area (Å²) in [5.74, 6) is -3.55. The molecule has 0 unspecified atom stereocenters. The fraction of sp³-hybridized carbons (Fsp3) is 0.160. The average molecular weight is 548 g/mol. The number of nitrogens with zero attached hydrogens (tertiary/aromatic N) is 1. The molecule has 1 aliphatic heterocycles. The van der Waals surface area contributed by atoms with E-state index in [4.69, 9.17) is 38.2 Å². The average Bonchev–Trinajstić information content (AvgIpc) is 3.01. The number of rotatable bonds is 6. The lowest BCUT2D eigenvalue weighted by molar-refractivity contribution is -0.140. The summed E-state index contributed by atoms with van der Waals surface area (Å²) in [4.78, 5) is 47.9. The van der Waals surface area contributed by atoms with Gasteiger partial charge < -0.3 is 25.6 Å². The molecule has 37 heavy (non-hydrogen) atoms. The van der Waals surface area contributed by atoms with Crippen LogP contribution in [0.5, 0.6) is 0 Å². The van der Waals surface area contributed by atoms with E-state index in [-0.39, 0.29) is 18.8 Å². The molecule has 194 valence electrons. The number of halogens is 2. The number of hydrogen-bond acceptors (Lipinski definition) is 7. The topological polar surface area (TPSA) is 154 Å². The summed E-state index contributed by atoms with van der Waals surface area (Å²) >= 11 is 12.6. The van der Waals surface area contributed by atoms with E-state index >= 15 is 0 Å². The minimum Gasteiger partial charge on any atom is -0.478 e. The maximum absolute atomic E-state index is 12.4. The van der Waals surface area contributed by atoms with Crippen molar-refractivity contribution in [3.63, 3.8) is 0 Å². The number of fused-ring (bicyclic) bond motifs is 1. The number of carbonyl (C=O) groups is 4. The smallest absolute Gasteiger partial charge is 0.356 e. The first kappa shape index (κ1) is 29.1. The summed E-state index contributed by atoms with van der Waals surface area (Å²) in [7, 11) is 0. The van der Waals surface area contributed by atoms with Crippen molar-refractivity contribution < 1.29 is 34.1 Å². The van der Waals surface area contributed by atoms with Crippen LogP contribution in [0.15, 0.2) is 71.0 Å². The number of hydrogen-bond donors (Lipinski definition) is 4. The number of carboxylic acid groups (broad SMARTS) is 2. The maximum atomic E-state index is 12.4. The van der Waals surface area contributed by atoms with Crippen LogP contribution in [-0.4, -0.2) is 52.9 Å². The number of aliphatic carboxylic acids is 2. The molecule has 2 aromatic carbocycles. The van der Waals surface area contributed by atoms with E-state index in [1.807, 2.05) is 18.2 Å². The number of aliphatic imine (C=N–C) groups is 1. The molecule has 0 aliphatic carbocycles. The molecule has 10 nitrogen and oxygen atoms in total. The van der Waals surface area contributed by atoms with Gasteiger partial charge in [-0.2, -0.15) is 0 Å². The number of carboxylic acids is 2. The molecule has 3 rings (SSSR count). The van der Waals surface area contributed by atoms with Gasteiger partial charge in [0.05, 0.1) is 24.6 Å². The van der Waals surface area contributed by atoms with Gasteiger partial charge in [-0.05, 0) is 31.2 Å². The SMILES string of the molecule is CCOC(=O)C(NC(C)=O)=C1CN=C(c2ccccc2Cl)c2cc(Cl)ccc2N1.O=C(O)/C=C\C(=O)O. The summed E-state index contributed by atoms with van der Waals surface area (Å²) in [6.07, 6.45) is 1.12. The van der Waals surface area contributed by atoms with Crippen LogP contribution in [0.1, 0.15) is 25.0 Å². The van der Waals surface area contributed by atoms with Crippen molar-refractivity contribution in [2.24, 2.45) is 4.99 Å². The Hall–Kier alpha value is -4.15. The molecule has 0 fully saturated rings. The molecule has 0 radical (unpaired) electrons. The molecular formula is C25H23Cl2N3O7. The van der Waals surface area contributed by atoms with E-state index in [1.165, 1.54) is 6.92 Å². The van der Waals surface area contributed by atoms with Crippen molar-refractivity contribution in [2.45, 2.75) is 13.8 Å². The van der Waals surface area contributed by atoms with Crippen LogP contribution in [0, 0.1) is 0 Å². The highest BCUT2D eigenvalue weighted by atomic mass is 35.5. The number of benzodiazepines with no additional fused rings is 1. The number of anilines is 1. The van der Waals surface area contributed by atoms with E-state index in [1.54, 1.807) is 31.2 Å². The van der Waals surface area contributed by atoms with Crippen LogP contribution < -0.4 is 10.6 Å². The van der Waals surface area contributed by atoms with Gasteiger partial charge in [0.15, 0.2) is 0 Å². The molecule has 0 saturated carbocycles. The maximum Gasteiger partial charge on any atom is 0.356 e. The Morgan fingerprint density at radius 3 is 2.27 bits per heavy atom. The van der Waals surface area contributed by atoms with Crippen LogP contribution in [0.4, 0.5) is 5.69 Å². The second-order valence-electron chi connectivity index (χ2n) is 7.22. The van der Waals surface area contributed by atoms with Crippen LogP contribution in [-0.2, 0) is 23.9 Å². The summed E-state index contributed by atoms with van der Waals surface area (Å²) < 4.78 is 5.09. The molecule has 0 spiro atoms. The van der Waals surface area contributed by atoms with Crippen molar-refractivity contribution in [1.82, 2.24) is 5.32 Å². The van der Waals surface area contributed by atoms with Crippen LogP contribution in [0.2, 0.25) is 10.0 Å². The Morgan fingerprint density at radius 1 is 1.05 bits per heavy atom. The lowest BCUT2D eigenvalue weighted by atomic mass is 10.0. The number of ether oxygens (including phenoxy) is 1. The highest BCUT2D eigenvalue weighted by Crippen LogP contribution is 2.30. The summed E-state index contributed by atoms with van der Waals surface area (Å²) in [6.45, 7) is 3.29. The molecule has 0 aromatic heterocycles. The molecule has 0 saturated heterocycles. The van der Waals surface area contributed by atoms with Gasteiger partial charge in [0.2, 0.25) is 5.91 Å². The first-order valence-electron chi connectivity index (χ1n) is 10.7. The zero-order valence-electron chi connectivity index (χ0n) is 19.7. The second kappa shape index (κ2) is 13.8. The summed E-state index contributed by atoms with van der Waals surface area (Å²) in [5.41, 5.74) is 3.19. The standard InChI is InChI=1S/C21H19Cl2N3O3.C4H4O4/c1-3-29-21(28)20(25-12(2)27)18-11-24-19(14-6-4-5-7-16(14)23)15-10-13(22)8-9-17(15)26-18;5-3(6)1-2-4(7)8/h4-10,26H,3,11H2,1-2H3,(H,25,27);1-2H,(H,5,6)(H,7,8)/b;2-1-. The van der Waals surface area contributed by atoms with E-state index in [0.29, 0.717) is 39.3 Å². The first-order chi connectivity index (χ1) is 17.5. The van der Waals surface area contributed by atoms with Crippen LogP contribution >= 0.6 is 23.2 Å². The van der Waals surface area contributed by atoms with Gasteiger partial charge in [-0.3, -0.25) is 9.79 Å². The zero-order valence-corrected chi connectivity index (χ0v) is 21.3. The zero-order chi connectivity index (χ0) is 27.5. The minimum atomic E-state index is -1.26. The Bertz CT molecular complexity index is 1290. The van der Waals surface area contributed by atoms with E-state index in [2.05, 4.69) is 15.6 Å². The van der Waals surface area contributed by atoms with E-state index in [0.717, 1.165) is 11.1 Å². The van der Waals surface area contributed by atoms with Crippen molar-refractivity contribution >= 4 is 58.4 Å². The molecule has 0 bridgehead atoms. The fourth-order valence-corrected chi connectivity index (χ4v) is 3.46. The number of nitrogens with one attached hydrogen (secondary N) is 2. The number of amides is 1. The van der Waals surface area contributed by atoms with Gasteiger partial charge >= 0.3 is 17.9 Å². The highest BCUT2D eigenvalue weighted by molar-refractivity contribution is 6.36. The lowest BCUT2D eigenvalue weighted by Gasteiger charge is -2.15. The number of carbonyl (C=O) groups excluding carboxylic acids is 2. The summed E-state index contributed by atoms with van der Waals surface area (Å²) in [5, 5.41) is 22.4. The van der Waals surface area contributed by atoms with Gasteiger partial charge in [-0.15, -0.1) is 0 Å². The van der Waals surface area contributed by atoms with Crippen molar-refractivity contribution in [3.05, 3.63) is 87.2 Å². The predicted molar refractivity (Wildman–Crippen MR) is 139 cm³/mol. The molecule has 1 amide bonds. The largest absolute Gasteiger partial charge is 0.478 e. The van der Waals surface area contributed by atoms with Gasteiger partial charge in [0.25, 0.3) is 0 Å². The molecular weight excluding hydrogens is 525 g/mol. The highest BCUT2D eigenvalue weighted by Gasteiger charge is 2.24. The Balaban J connectivity index is 0.000000521. The number of esters is 1. The quantitative estimate of drug-likeness (QED) is 0.313. The fourth-order valence-electron chi connectivity index (χ4n) is 3.06. The van der Waals surface area contributed by atoms with Gasteiger partial charge in [0.1, 0.15) is 5.70 Å². The van der Waals surface area contributed by atoms with Gasteiger partial charge in [-0.1, -0.05) is 41.4 Å². The van der Waals surface area contributed by atoms with Crippen molar-refractivity contribution in [3.8, 4) is 0 Å². The molecule has 1 heterocycles. The number of benzene rings is 2. The van der Waals surface area contributed by atoms with Crippen LogP contribution in [0.3, 0.4) is 0 Å². The van der Waals surface area contributed by atoms with E-state index in [9.17, 15) is 19.2 Å². The molecule has 4 N–H and O–H groups in total. The van der Waals surface area contributed by atoms with Gasteiger partial charge in [0, 0.05) is 45.9 Å². The molecule has 0 atom stereocenters. The molecule has 1 aliphatic rings. The Morgan fingerprint density at radius 2 is 1.70 bits per heavy atom. The van der Waals surface area contributed by atoms with Crippen molar-refractivity contribution in [2.75, 3.05) is 18.5 Å². The molecule has 2 aromatic rings. The second-order valence-corrected chi connectivity index (χ2v) is 8.07. The van der Waals surface area contributed by atoms with Crippen LogP contribution in [0.25, 0.3) is 0 Å². The lowest BCUT2D eigenvalue weighted by Crippen LogP contribution is -2.30. The predicted octanol–water partition coefficient (Wildman–Crippen LogP) is 3.88. The Kier molecular flexibility index (Phi) is 10.9. The third-order valence-corrected chi connectivity index (χ3v) is 5.06. The Labute approximate surface area is 222 Å². The normalized spacial score (nSPS) is 13.6. The van der Waals surface area contributed by atoms with Crippen molar-refractivity contribution in [1.29, 1.82) is 0 Å².